The van der Waals surface area contributed by atoms with Gasteiger partial charge in [-0.1, -0.05) is 24.3 Å². The van der Waals surface area contributed by atoms with Crippen LogP contribution in [0.5, 0.6) is 5.75 Å². The Kier molecular flexibility index (Phi) is 4.83. The zero-order valence-electron chi connectivity index (χ0n) is 17.1. The summed E-state index contributed by atoms with van der Waals surface area (Å²) < 4.78 is 7.25. The Morgan fingerprint density at radius 3 is 2.47 bits per heavy atom. The van der Waals surface area contributed by atoms with E-state index in [1.807, 2.05) is 58.0 Å². The summed E-state index contributed by atoms with van der Waals surface area (Å²) in [6.45, 7) is 3.37. The van der Waals surface area contributed by atoms with E-state index in [1.165, 1.54) is 0 Å². The van der Waals surface area contributed by atoms with E-state index in [-0.39, 0.29) is 17.6 Å². The van der Waals surface area contributed by atoms with Crippen LogP contribution in [0.25, 0.3) is 11.0 Å². The predicted octanol–water partition coefficient (Wildman–Crippen LogP) is 2.50. The SMILES string of the molecule is COc1ccccc1C(=O)N1CC(N2CCC(n3c(=O)[nH]c4ccccc43)CC2)C1. The van der Waals surface area contributed by atoms with Crippen molar-refractivity contribution in [1.82, 2.24) is 19.4 Å². The summed E-state index contributed by atoms with van der Waals surface area (Å²) >= 11 is 0. The lowest BCUT2D eigenvalue weighted by Crippen LogP contribution is -2.62. The number of carbonyl (C=O) groups excluding carboxylic acids is 1. The van der Waals surface area contributed by atoms with Crippen molar-refractivity contribution in [1.29, 1.82) is 0 Å². The fraction of sp³-hybridized carbons (Fsp3) is 0.391. The van der Waals surface area contributed by atoms with Gasteiger partial charge in [-0.05, 0) is 37.1 Å². The standard InChI is InChI=1S/C23H26N4O3/c1-30-21-9-5-2-6-18(21)22(28)26-14-17(15-26)25-12-10-16(11-13-25)27-20-8-4-3-7-19(20)24-23(27)29/h2-9,16-17H,10-15H2,1H3,(H,24,29). The molecular formula is C23H26N4O3. The molecule has 7 heteroatoms. The van der Waals surface area contributed by atoms with Gasteiger partial charge in [0.15, 0.2) is 0 Å². The lowest BCUT2D eigenvalue weighted by Gasteiger charge is -2.47. The third-order valence-electron chi connectivity index (χ3n) is 6.49. The van der Waals surface area contributed by atoms with Crippen LogP contribution >= 0.6 is 0 Å². The Bertz CT molecular complexity index is 1120. The van der Waals surface area contributed by atoms with E-state index in [0.29, 0.717) is 17.4 Å². The molecule has 2 saturated heterocycles. The van der Waals surface area contributed by atoms with Crippen LogP contribution in [0.2, 0.25) is 0 Å². The molecule has 0 radical (unpaired) electrons. The number of H-pyrrole nitrogens is 1. The number of rotatable bonds is 4. The number of nitrogens with one attached hydrogen (secondary N) is 1. The summed E-state index contributed by atoms with van der Waals surface area (Å²) in [4.78, 5) is 32.6. The molecule has 2 aliphatic heterocycles. The van der Waals surface area contributed by atoms with Crippen LogP contribution in [0.1, 0.15) is 29.2 Å². The largest absolute Gasteiger partial charge is 0.496 e. The van der Waals surface area contributed by atoms with Crippen molar-refractivity contribution in [2.45, 2.75) is 24.9 Å². The number of amides is 1. The monoisotopic (exact) mass is 406 g/mol. The first-order valence-corrected chi connectivity index (χ1v) is 10.5. The van der Waals surface area contributed by atoms with Crippen molar-refractivity contribution >= 4 is 16.9 Å². The van der Waals surface area contributed by atoms with E-state index in [0.717, 1.165) is 50.1 Å². The molecule has 1 amide bonds. The van der Waals surface area contributed by atoms with Crippen molar-refractivity contribution < 1.29 is 9.53 Å². The first-order valence-electron chi connectivity index (χ1n) is 10.5. The summed E-state index contributed by atoms with van der Waals surface area (Å²) in [6, 6.07) is 15.9. The van der Waals surface area contributed by atoms with Crippen LogP contribution in [0.15, 0.2) is 53.3 Å². The fourth-order valence-corrected chi connectivity index (χ4v) is 4.79. The van der Waals surface area contributed by atoms with E-state index in [2.05, 4.69) is 9.88 Å². The van der Waals surface area contributed by atoms with Crippen LogP contribution in [-0.4, -0.2) is 64.6 Å². The second-order valence-corrected chi connectivity index (χ2v) is 8.15. The van der Waals surface area contributed by atoms with Crippen molar-refractivity contribution in [2.75, 3.05) is 33.3 Å². The van der Waals surface area contributed by atoms with Crippen molar-refractivity contribution in [3.63, 3.8) is 0 Å². The van der Waals surface area contributed by atoms with Gasteiger partial charge in [0.1, 0.15) is 5.75 Å². The predicted molar refractivity (Wildman–Crippen MR) is 115 cm³/mol. The highest BCUT2D eigenvalue weighted by atomic mass is 16.5. The Hall–Kier alpha value is -3.06. The van der Waals surface area contributed by atoms with Crippen LogP contribution in [0.3, 0.4) is 0 Å². The number of imidazole rings is 1. The first-order chi connectivity index (χ1) is 14.7. The van der Waals surface area contributed by atoms with Gasteiger partial charge in [-0.15, -0.1) is 0 Å². The molecule has 2 fully saturated rings. The highest BCUT2D eigenvalue weighted by molar-refractivity contribution is 5.97. The molecular weight excluding hydrogens is 380 g/mol. The third kappa shape index (κ3) is 3.19. The molecule has 0 unspecified atom stereocenters. The molecule has 3 aromatic rings. The van der Waals surface area contributed by atoms with Crippen molar-refractivity contribution in [2.24, 2.45) is 0 Å². The van der Waals surface area contributed by atoms with Crippen LogP contribution in [0, 0.1) is 0 Å². The molecule has 0 spiro atoms. The molecule has 0 atom stereocenters. The maximum absolute atomic E-state index is 12.8. The molecule has 5 rings (SSSR count). The van der Waals surface area contributed by atoms with Gasteiger partial charge in [0.05, 0.1) is 23.7 Å². The first kappa shape index (κ1) is 18.9. The average molecular weight is 406 g/mol. The summed E-state index contributed by atoms with van der Waals surface area (Å²) in [5, 5.41) is 0. The zero-order valence-corrected chi connectivity index (χ0v) is 17.1. The third-order valence-corrected chi connectivity index (χ3v) is 6.49. The maximum atomic E-state index is 12.8. The second-order valence-electron chi connectivity index (χ2n) is 8.15. The number of para-hydroxylation sites is 3. The van der Waals surface area contributed by atoms with Crippen LogP contribution in [-0.2, 0) is 0 Å². The molecule has 0 aliphatic carbocycles. The highest BCUT2D eigenvalue weighted by Gasteiger charge is 2.37. The number of benzene rings is 2. The summed E-state index contributed by atoms with van der Waals surface area (Å²) in [6.07, 6.45) is 1.89. The Balaban J connectivity index is 1.20. The fourth-order valence-electron chi connectivity index (χ4n) is 4.79. The Labute approximate surface area is 174 Å². The Morgan fingerprint density at radius 2 is 1.70 bits per heavy atom. The number of aromatic amines is 1. The van der Waals surface area contributed by atoms with E-state index in [4.69, 9.17) is 4.74 Å². The summed E-state index contributed by atoms with van der Waals surface area (Å²) in [7, 11) is 1.59. The number of carbonyl (C=O) groups is 1. The van der Waals surface area contributed by atoms with Gasteiger partial charge in [0.2, 0.25) is 0 Å². The van der Waals surface area contributed by atoms with E-state index in [9.17, 15) is 9.59 Å². The number of aromatic nitrogens is 2. The lowest BCUT2D eigenvalue weighted by atomic mass is 9.98. The number of nitrogens with zero attached hydrogens (tertiary/aromatic N) is 3. The van der Waals surface area contributed by atoms with Gasteiger partial charge in [-0.3, -0.25) is 14.3 Å². The van der Waals surface area contributed by atoms with Crippen LogP contribution < -0.4 is 10.4 Å². The van der Waals surface area contributed by atoms with Gasteiger partial charge in [-0.2, -0.15) is 0 Å². The van der Waals surface area contributed by atoms with Crippen molar-refractivity contribution in [3.8, 4) is 5.75 Å². The number of ether oxygens (including phenoxy) is 1. The quantitative estimate of drug-likeness (QED) is 0.723. The maximum Gasteiger partial charge on any atom is 0.326 e. The number of piperidine rings is 1. The smallest absolute Gasteiger partial charge is 0.326 e. The van der Waals surface area contributed by atoms with Gasteiger partial charge in [0, 0.05) is 38.3 Å². The zero-order chi connectivity index (χ0) is 20.7. The molecule has 30 heavy (non-hydrogen) atoms. The molecule has 0 saturated carbocycles. The topological polar surface area (TPSA) is 70.6 Å². The molecule has 7 nitrogen and oxygen atoms in total. The summed E-state index contributed by atoms with van der Waals surface area (Å²) in [5.74, 6) is 0.653. The minimum Gasteiger partial charge on any atom is -0.496 e. The highest BCUT2D eigenvalue weighted by Crippen LogP contribution is 2.29. The van der Waals surface area contributed by atoms with Gasteiger partial charge in [-0.25, -0.2) is 4.79 Å². The molecule has 3 heterocycles. The van der Waals surface area contributed by atoms with E-state index >= 15 is 0 Å². The Morgan fingerprint density at radius 1 is 1.00 bits per heavy atom. The molecule has 2 aliphatic rings. The lowest BCUT2D eigenvalue weighted by molar-refractivity contribution is 0.0151. The number of fused-ring (bicyclic) bond motifs is 1. The second kappa shape index (κ2) is 7.65. The van der Waals surface area contributed by atoms with Gasteiger partial charge >= 0.3 is 5.69 Å². The number of hydrogen-bond acceptors (Lipinski definition) is 4. The van der Waals surface area contributed by atoms with E-state index < -0.39 is 0 Å². The minimum absolute atomic E-state index is 0.0214. The van der Waals surface area contributed by atoms with Gasteiger partial charge in [0.25, 0.3) is 5.91 Å². The normalized spacial score (nSPS) is 18.5. The van der Waals surface area contributed by atoms with Gasteiger partial charge < -0.3 is 14.6 Å². The average Bonchev–Trinajstić information content (AvgIpc) is 3.08. The molecule has 2 aromatic carbocycles. The number of hydrogen-bond donors (Lipinski definition) is 1. The minimum atomic E-state index is -0.0214. The van der Waals surface area contributed by atoms with E-state index in [1.54, 1.807) is 7.11 Å². The molecule has 1 N–H and O–H groups in total. The molecule has 1 aromatic heterocycles. The number of methoxy groups -OCH3 is 1. The van der Waals surface area contributed by atoms with Crippen molar-refractivity contribution in [3.05, 3.63) is 64.6 Å². The molecule has 156 valence electrons. The van der Waals surface area contributed by atoms with Crippen LogP contribution in [0.4, 0.5) is 0 Å². The molecule has 0 bridgehead atoms. The summed E-state index contributed by atoms with van der Waals surface area (Å²) in [5.41, 5.74) is 2.48. The number of likely N-dealkylation sites (tertiary alicyclic amines) is 2.